The number of rotatable bonds is 2. The normalized spacial score (nSPS) is 29.0. The Morgan fingerprint density at radius 2 is 1.80 bits per heavy atom. The Morgan fingerprint density at radius 1 is 0.967 bits per heavy atom. The van der Waals surface area contributed by atoms with Crippen LogP contribution in [0.3, 0.4) is 0 Å². The topological polar surface area (TPSA) is 52.2 Å². The third-order valence-electron chi connectivity index (χ3n) is 7.53. The largest absolute Gasteiger partial charge is 0.337 e. The predicted octanol–water partition coefficient (Wildman–Crippen LogP) is 4.25. The fourth-order valence-corrected chi connectivity index (χ4v) is 6.28. The zero-order chi connectivity index (χ0) is 20.1. The first-order valence-electron chi connectivity index (χ1n) is 11.3. The Morgan fingerprint density at radius 3 is 2.70 bits per heavy atom. The first kappa shape index (κ1) is 18.1. The van der Waals surface area contributed by atoms with Gasteiger partial charge in [-0.25, -0.2) is 0 Å². The van der Waals surface area contributed by atoms with Gasteiger partial charge in [0.1, 0.15) is 0 Å². The minimum Gasteiger partial charge on any atom is -0.337 e. The van der Waals surface area contributed by atoms with Crippen LogP contribution in [0.15, 0.2) is 54.6 Å². The maximum Gasteiger partial charge on any atom is 0.275 e. The summed E-state index contributed by atoms with van der Waals surface area (Å²) < 4.78 is 0. The van der Waals surface area contributed by atoms with Crippen LogP contribution >= 0.6 is 0 Å². The molecule has 30 heavy (non-hydrogen) atoms. The lowest BCUT2D eigenvalue weighted by molar-refractivity contribution is -0.0512. The molecule has 0 radical (unpaired) electrons. The number of hydrogen-bond acceptors (Lipinski definition) is 3. The van der Waals surface area contributed by atoms with Crippen LogP contribution in [0.5, 0.6) is 0 Å². The monoisotopic (exact) mass is 400 g/mol. The van der Waals surface area contributed by atoms with Crippen molar-refractivity contribution in [1.82, 2.24) is 20.0 Å². The van der Waals surface area contributed by atoms with Crippen molar-refractivity contribution in [2.75, 3.05) is 19.6 Å². The average molecular weight is 401 g/mol. The number of aromatic amines is 1. The highest BCUT2D eigenvalue weighted by Gasteiger charge is 2.46. The molecule has 0 aliphatic carbocycles. The van der Waals surface area contributed by atoms with Gasteiger partial charge < -0.3 is 4.90 Å². The zero-order valence-corrected chi connectivity index (χ0v) is 17.2. The number of benzene rings is 2. The van der Waals surface area contributed by atoms with Crippen molar-refractivity contribution in [3.05, 3.63) is 65.9 Å². The molecule has 1 aromatic heterocycles. The Hall–Kier alpha value is -2.66. The molecule has 4 atom stereocenters. The van der Waals surface area contributed by atoms with Crippen LogP contribution in [0.25, 0.3) is 10.9 Å². The van der Waals surface area contributed by atoms with Crippen LogP contribution in [-0.4, -0.2) is 51.6 Å². The summed E-state index contributed by atoms with van der Waals surface area (Å²) in [6.07, 6.45) is 5.05. The highest BCUT2D eigenvalue weighted by Crippen LogP contribution is 2.44. The fourth-order valence-electron chi connectivity index (χ4n) is 6.28. The number of hydrogen-bond donors (Lipinski definition) is 1. The molecule has 3 saturated heterocycles. The van der Waals surface area contributed by atoms with Gasteiger partial charge in [0.05, 0.1) is 5.52 Å². The standard InChI is InChI=1S/C25H28N4O/c30-25(24-20-9-4-5-10-21(20)26-27-24)28-14-17-13-19(16-28)23-12-6-11-22(29(23)15-17)18-7-2-1-3-8-18/h1-5,7-10,17,19,22-23H,6,11-16H2,(H,26,27)/t17-,19+,22+,23-/m0/s1. The van der Waals surface area contributed by atoms with E-state index in [1.54, 1.807) is 0 Å². The minimum absolute atomic E-state index is 0.0889. The Kier molecular flexibility index (Phi) is 4.38. The number of carbonyl (C=O) groups is 1. The van der Waals surface area contributed by atoms with Crippen molar-refractivity contribution < 1.29 is 4.79 Å². The maximum atomic E-state index is 13.4. The highest BCUT2D eigenvalue weighted by molar-refractivity contribution is 6.04. The molecular formula is C25H28N4O. The molecule has 2 aromatic carbocycles. The van der Waals surface area contributed by atoms with Crippen molar-refractivity contribution in [3.63, 3.8) is 0 Å². The van der Waals surface area contributed by atoms with Crippen LogP contribution in [0.1, 0.15) is 47.8 Å². The Balaban J connectivity index is 1.25. The summed E-state index contributed by atoms with van der Waals surface area (Å²) in [5, 5.41) is 8.33. The van der Waals surface area contributed by atoms with E-state index in [1.807, 2.05) is 24.3 Å². The summed E-state index contributed by atoms with van der Waals surface area (Å²) in [6, 6.07) is 20.1. The van der Waals surface area contributed by atoms with Crippen LogP contribution in [0.2, 0.25) is 0 Å². The van der Waals surface area contributed by atoms with E-state index < -0.39 is 0 Å². The summed E-state index contributed by atoms with van der Waals surface area (Å²) in [4.78, 5) is 18.3. The zero-order valence-electron chi connectivity index (χ0n) is 17.2. The first-order valence-corrected chi connectivity index (χ1v) is 11.3. The van der Waals surface area contributed by atoms with Crippen molar-refractivity contribution in [1.29, 1.82) is 0 Å². The van der Waals surface area contributed by atoms with E-state index in [0.717, 1.165) is 30.5 Å². The van der Waals surface area contributed by atoms with Gasteiger partial charge in [-0.05, 0) is 49.1 Å². The van der Waals surface area contributed by atoms with Crippen LogP contribution in [-0.2, 0) is 0 Å². The minimum atomic E-state index is 0.0889. The second-order valence-electron chi connectivity index (χ2n) is 9.31. The second-order valence-corrected chi connectivity index (χ2v) is 9.31. The summed E-state index contributed by atoms with van der Waals surface area (Å²) in [5.74, 6) is 1.21. The number of H-pyrrole nitrogens is 1. The number of nitrogens with one attached hydrogen (secondary N) is 1. The molecule has 3 fully saturated rings. The third-order valence-corrected chi connectivity index (χ3v) is 7.53. The third kappa shape index (κ3) is 2.95. The molecule has 3 aliphatic rings. The van der Waals surface area contributed by atoms with E-state index in [0.29, 0.717) is 29.6 Å². The molecule has 6 rings (SSSR count). The smallest absolute Gasteiger partial charge is 0.275 e. The van der Waals surface area contributed by atoms with Crippen molar-refractivity contribution in [2.24, 2.45) is 11.8 Å². The number of piperidine rings is 3. The van der Waals surface area contributed by atoms with Gasteiger partial charge in [-0.2, -0.15) is 5.10 Å². The van der Waals surface area contributed by atoms with Crippen molar-refractivity contribution >= 4 is 16.8 Å². The highest BCUT2D eigenvalue weighted by atomic mass is 16.2. The molecule has 4 heterocycles. The van der Waals surface area contributed by atoms with Crippen molar-refractivity contribution in [2.45, 2.75) is 37.8 Å². The van der Waals surface area contributed by atoms with Crippen LogP contribution < -0.4 is 0 Å². The summed E-state index contributed by atoms with van der Waals surface area (Å²) >= 11 is 0. The number of para-hydroxylation sites is 1. The van der Waals surface area contributed by atoms with Gasteiger partial charge in [-0.3, -0.25) is 14.8 Å². The molecular weight excluding hydrogens is 372 g/mol. The number of nitrogens with zero attached hydrogens (tertiary/aromatic N) is 3. The van der Waals surface area contributed by atoms with Gasteiger partial charge in [0.2, 0.25) is 0 Å². The molecule has 1 amide bonds. The van der Waals surface area contributed by atoms with Crippen LogP contribution in [0.4, 0.5) is 0 Å². The number of aromatic nitrogens is 2. The number of carbonyl (C=O) groups excluding carboxylic acids is 1. The van der Waals surface area contributed by atoms with E-state index in [-0.39, 0.29) is 5.91 Å². The average Bonchev–Trinajstić information content (AvgIpc) is 3.23. The predicted molar refractivity (Wildman–Crippen MR) is 117 cm³/mol. The number of fused-ring (bicyclic) bond motifs is 5. The number of amides is 1. The molecule has 0 saturated carbocycles. The molecule has 2 bridgehead atoms. The van der Waals surface area contributed by atoms with E-state index in [4.69, 9.17) is 0 Å². The van der Waals surface area contributed by atoms with Gasteiger partial charge in [0.15, 0.2) is 5.69 Å². The van der Waals surface area contributed by atoms with Crippen LogP contribution in [0, 0.1) is 11.8 Å². The van der Waals surface area contributed by atoms with Gasteiger partial charge in [0.25, 0.3) is 5.91 Å². The lowest BCUT2D eigenvalue weighted by atomic mass is 9.74. The van der Waals surface area contributed by atoms with E-state index in [9.17, 15) is 4.79 Å². The second kappa shape index (κ2) is 7.24. The molecule has 5 heteroatoms. The Bertz CT molecular complexity index is 1060. The molecule has 0 unspecified atom stereocenters. The quantitative estimate of drug-likeness (QED) is 0.700. The van der Waals surface area contributed by atoms with E-state index in [2.05, 4.69) is 50.3 Å². The Labute approximate surface area is 177 Å². The van der Waals surface area contributed by atoms with Gasteiger partial charge in [-0.1, -0.05) is 48.5 Å². The van der Waals surface area contributed by atoms with E-state index in [1.165, 1.54) is 31.2 Å². The van der Waals surface area contributed by atoms with Crippen molar-refractivity contribution in [3.8, 4) is 0 Å². The molecule has 3 aromatic rings. The molecule has 5 nitrogen and oxygen atoms in total. The first-order chi connectivity index (χ1) is 14.8. The van der Waals surface area contributed by atoms with Gasteiger partial charge in [0, 0.05) is 37.1 Å². The lowest BCUT2D eigenvalue weighted by Crippen LogP contribution is -2.60. The summed E-state index contributed by atoms with van der Waals surface area (Å²) in [5.41, 5.74) is 2.97. The van der Waals surface area contributed by atoms with E-state index >= 15 is 0 Å². The summed E-state index contributed by atoms with van der Waals surface area (Å²) in [6.45, 7) is 2.81. The molecule has 0 spiro atoms. The van der Waals surface area contributed by atoms with Gasteiger partial charge in [-0.15, -0.1) is 0 Å². The SMILES string of the molecule is O=C(c1n[nH]c2ccccc12)N1C[C@@H]2C[C@H](C1)[C@@H]1CCC[C@H](c3ccccc3)N1C2. The maximum absolute atomic E-state index is 13.4. The fraction of sp³-hybridized carbons (Fsp3) is 0.440. The van der Waals surface area contributed by atoms with Gasteiger partial charge >= 0.3 is 0 Å². The lowest BCUT2D eigenvalue weighted by Gasteiger charge is -2.55. The molecule has 3 aliphatic heterocycles. The molecule has 154 valence electrons. The summed E-state index contributed by atoms with van der Waals surface area (Å²) in [7, 11) is 0. The molecule has 1 N–H and O–H groups in total. The number of likely N-dealkylation sites (tertiary alicyclic amines) is 1.